The Hall–Kier alpha value is -1.30. The maximum Gasteiger partial charge on any atom is 0.317 e. The minimum atomic E-state index is -0.799. The maximum absolute atomic E-state index is 12.3. The third kappa shape index (κ3) is 4.09. The number of aliphatic carboxylic acids is 1. The Bertz CT molecular complexity index is 376. The molecule has 0 aromatic carbocycles. The van der Waals surface area contributed by atoms with Gasteiger partial charge in [-0.1, -0.05) is 19.3 Å². The van der Waals surface area contributed by atoms with Gasteiger partial charge in [-0.25, -0.2) is 4.79 Å². The smallest absolute Gasteiger partial charge is 0.317 e. The lowest BCUT2D eigenvalue weighted by molar-refractivity contribution is -0.141. The molecular formula is C15H26N2O4. The number of hydrogen-bond donors (Lipinski definition) is 3. The Balaban J connectivity index is 1.87. The second-order valence-electron chi connectivity index (χ2n) is 6.44. The standard InChI is InChI=1S/C15H26N2O4/c18-9-8-17(12-4-1-2-5-12)14(21)16-11-15(6-3-7-15)10-13(19)20/h12,18H,1-11H2,(H,16,21)(H,19,20). The first-order valence-corrected chi connectivity index (χ1v) is 7.93. The van der Waals surface area contributed by atoms with E-state index in [0.717, 1.165) is 44.9 Å². The monoisotopic (exact) mass is 298 g/mol. The highest BCUT2D eigenvalue weighted by molar-refractivity contribution is 5.75. The highest BCUT2D eigenvalue weighted by Crippen LogP contribution is 2.43. The van der Waals surface area contributed by atoms with Gasteiger partial charge in [0.05, 0.1) is 13.0 Å². The lowest BCUT2D eigenvalue weighted by Crippen LogP contribution is -2.51. The molecule has 0 radical (unpaired) electrons. The first-order valence-electron chi connectivity index (χ1n) is 7.93. The number of carbonyl (C=O) groups is 2. The van der Waals surface area contributed by atoms with Crippen molar-refractivity contribution in [2.24, 2.45) is 5.41 Å². The van der Waals surface area contributed by atoms with Gasteiger partial charge in [-0.3, -0.25) is 4.79 Å². The molecule has 0 aliphatic heterocycles. The van der Waals surface area contributed by atoms with E-state index in [1.807, 2.05) is 0 Å². The van der Waals surface area contributed by atoms with Crippen LogP contribution in [0.3, 0.4) is 0 Å². The van der Waals surface area contributed by atoms with E-state index in [2.05, 4.69) is 5.32 Å². The van der Waals surface area contributed by atoms with Gasteiger partial charge >= 0.3 is 12.0 Å². The number of nitrogens with one attached hydrogen (secondary N) is 1. The molecule has 0 heterocycles. The second kappa shape index (κ2) is 7.11. The number of amides is 2. The van der Waals surface area contributed by atoms with Crippen LogP contribution in [0.4, 0.5) is 4.79 Å². The number of carbonyl (C=O) groups excluding carboxylic acids is 1. The van der Waals surface area contributed by atoms with Crippen molar-refractivity contribution in [3.8, 4) is 0 Å². The normalized spacial score (nSPS) is 20.8. The summed E-state index contributed by atoms with van der Waals surface area (Å²) in [6, 6.07) is 0.0570. The highest BCUT2D eigenvalue weighted by atomic mass is 16.4. The largest absolute Gasteiger partial charge is 0.481 e. The van der Waals surface area contributed by atoms with E-state index in [1.165, 1.54) is 0 Å². The summed E-state index contributed by atoms with van der Waals surface area (Å²) in [5, 5.41) is 21.0. The molecule has 0 saturated heterocycles. The molecule has 0 bridgehead atoms. The van der Waals surface area contributed by atoms with Gasteiger partial charge in [0, 0.05) is 19.1 Å². The molecule has 6 nitrogen and oxygen atoms in total. The van der Waals surface area contributed by atoms with Gasteiger partial charge in [0.25, 0.3) is 0 Å². The van der Waals surface area contributed by atoms with Gasteiger partial charge in [-0.2, -0.15) is 0 Å². The van der Waals surface area contributed by atoms with Crippen molar-refractivity contribution in [1.82, 2.24) is 10.2 Å². The molecule has 0 spiro atoms. The molecule has 3 N–H and O–H groups in total. The molecule has 0 aromatic heterocycles. The maximum atomic E-state index is 12.3. The summed E-state index contributed by atoms with van der Waals surface area (Å²) in [5.74, 6) is -0.799. The topological polar surface area (TPSA) is 89.9 Å². The van der Waals surface area contributed by atoms with Crippen LogP contribution in [0.5, 0.6) is 0 Å². The number of nitrogens with zero attached hydrogens (tertiary/aromatic N) is 1. The molecule has 2 saturated carbocycles. The van der Waals surface area contributed by atoms with Gasteiger partial charge in [0.1, 0.15) is 0 Å². The summed E-state index contributed by atoms with van der Waals surface area (Å²) in [6.45, 7) is 0.736. The van der Waals surface area contributed by atoms with Crippen molar-refractivity contribution in [3.05, 3.63) is 0 Å². The summed E-state index contributed by atoms with van der Waals surface area (Å²) in [4.78, 5) is 25.0. The Morgan fingerprint density at radius 3 is 2.33 bits per heavy atom. The minimum absolute atomic E-state index is 0.0375. The van der Waals surface area contributed by atoms with Crippen LogP contribution >= 0.6 is 0 Å². The Morgan fingerprint density at radius 1 is 1.19 bits per heavy atom. The number of aliphatic hydroxyl groups excluding tert-OH is 1. The summed E-state index contributed by atoms with van der Waals surface area (Å²) in [7, 11) is 0. The SMILES string of the molecule is O=C(O)CC1(CNC(=O)N(CCO)C2CCCC2)CCC1. The molecule has 0 atom stereocenters. The number of urea groups is 1. The van der Waals surface area contributed by atoms with Crippen LogP contribution in [0.15, 0.2) is 0 Å². The van der Waals surface area contributed by atoms with Crippen molar-refractivity contribution in [1.29, 1.82) is 0 Å². The summed E-state index contributed by atoms with van der Waals surface area (Å²) in [6.07, 6.45) is 7.13. The van der Waals surface area contributed by atoms with Crippen molar-refractivity contribution in [2.45, 2.75) is 57.4 Å². The minimum Gasteiger partial charge on any atom is -0.481 e. The van der Waals surface area contributed by atoms with Crippen molar-refractivity contribution in [2.75, 3.05) is 19.7 Å². The zero-order valence-corrected chi connectivity index (χ0v) is 12.5. The van der Waals surface area contributed by atoms with Crippen molar-refractivity contribution < 1.29 is 19.8 Å². The molecule has 0 unspecified atom stereocenters. The first kappa shape index (κ1) is 16.1. The number of carboxylic acid groups (broad SMARTS) is 1. The van der Waals surface area contributed by atoms with Crippen LogP contribution in [0, 0.1) is 5.41 Å². The predicted octanol–water partition coefficient (Wildman–Crippen LogP) is 1.58. The molecule has 2 rings (SSSR count). The first-order chi connectivity index (χ1) is 10.1. The second-order valence-corrected chi connectivity index (χ2v) is 6.44. The molecule has 120 valence electrons. The fourth-order valence-electron chi connectivity index (χ4n) is 3.55. The summed E-state index contributed by atoms with van der Waals surface area (Å²) in [5.41, 5.74) is -0.262. The number of hydrogen-bond acceptors (Lipinski definition) is 3. The van der Waals surface area contributed by atoms with Crippen molar-refractivity contribution in [3.63, 3.8) is 0 Å². The fraction of sp³-hybridized carbons (Fsp3) is 0.867. The van der Waals surface area contributed by atoms with E-state index in [9.17, 15) is 9.59 Å². The van der Waals surface area contributed by atoms with Gasteiger partial charge < -0.3 is 20.4 Å². The molecule has 6 heteroatoms. The Kier molecular flexibility index (Phi) is 5.45. The lowest BCUT2D eigenvalue weighted by Gasteiger charge is -2.41. The number of carboxylic acids is 1. The van der Waals surface area contributed by atoms with E-state index in [4.69, 9.17) is 10.2 Å². The molecule has 2 aliphatic carbocycles. The van der Waals surface area contributed by atoms with E-state index in [-0.39, 0.29) is 30.5 Å². The molecule has 2 aliphatic rings. The quantitative estimate of drug-likeness (QED) is 0.665. The molecule has 21 heavy (non-hydrogen) atoms. The Morgan fingerprint density at radius 2 is 1.86 bits per heavy atom. The van der Waals surface area contributed by atoms with Crippen LogP contribution < -0.4 is 5.32 Å². The average Bonchev–Trinajstić information content (AvgIpc) is 2.91. The third-order valence-corrected chi connectivity index (χ3v) is 4.92. The van der Waals surface area contributed by atoms with Gasteiger partial charge in [0.15, 0.2) is 0 Å². The molecule has 2 fully saturated rings. The van der Waals surface area contributed by atoms with E-state index >= 15 is 0 Å². The average molecular weight is 298 g/mol. The summed E-state index contributed by atoms with van der Waals surface area (Å²) < 4.78 is 0. The molecule has 2 amide bonds. The van der Waals surface area contributed by atoms with Crippen LogP contribution in [-0.4, -0.2) is 52.9 Å². The van der Waals surface area contributed by atoms with Crippen LogP contribution in [0.1, 0.15) is 51.4 Å². The van der Waals surface area contributed by atoms with Gasteiger partial charge in [-0.15, -0.1) is 0 Å². The molecule has 0 aromatic rings. The predicted molar refractivity (Wildman–Crippen MR) is 78.0 cm³/mol. The number of aliphatic hydroxyl groups is 1. The van der Waals surface area contributed by atoms with Gasteiger partial charge in [0.2, 0.25) is 0 Å². The fourth-order valence-corrected chi connectivity index (χ4v) is 3.55. The zero-order chi connectivity index (χ0) is 15.3. The van der Waals surface area contributed by atoms with Gasteiger partial charge in [-0.05, 0) is 31.1 Å². The Labute approximate surface area is 125 Å². The van der Waals surface area contributed by atoms with E-state index < -0.39 is 5.97 Å². The highest BCUT2D eigenvalue weighted by Gasteiger charge is 2.39. The van der Waals surface area contributed by atoms with Crippen LogP contribution in [0.25, 0.3) is 0 Å². The van der Waals surface area contributed by atoms with E-state index in [1.54, 1.807) is 4.90 Å². The molecular weight excluding hydrogens is 272 g/mol. The number of rotatable bonds is 7. The lowest BCUT2D eigenvalue weighted by atomic mass is 9.66. The summed E-state index contributed by atoms with van der Waals surface area (Å²) >= 11 is 0. The van der Waals surface area contributed by atoms with Crippen LogP contribution in [0.2, 0.25) is 0 Å². The third-order valence-electron chi connectivity index (χ3n) is 4.92. The van der Waals surface area contributed by atoms with Crippen molar-refractivity contribution >= 4 is 12.0 Å². The van der Waals surface area contributed by atoms with E-state index in [0.29, 0.717) is 13.1 Å². The zero-order valence-electron chi connectivity index (χ0n) is 12.5. The van der Waals surface area contributed by atoms with Crippen LogP contribution in [-0.2, 0) is 4.79 Å².